The number of nitrogens with zero attached hydrogens (tertiary/aromatic N) is 4. The lowest BCUT2D eigenvalue weighted by Crippen LogP contribution is -2.56. The molecule has 176 valence electrons. The number of likely N-dealkylation sites (tertiary alicyclic amines) is 1. The third kappa shape index (κ3) is 4.32. The second kappa shape index (κ2) is 9.00. The minimum Gasteiger partial charge on any atom is -0.435 e. The van der Waals surface area contributed by atoms with Gasteiger partial charge in [-0.2, -0.15) is 8.78 Å². The molecule has 2 bridgehead atoms. The van der Waals surface area contributed by atoms with Crippen molar-refractivity contribution in [2.24, 2.45) is 0 Å². The number of carbonyl (C=O) groups excluding carboxylic acids is 1. The predicted molar refractivity (Wildman–Crippen MR) is 125 cm³/mol. The number of piperazine rings is 1. The molecule has 2 fully saturated rings. The van der Waals surface area contributed by atoms with Crippen LogP contribution in [0.4, 0.5) is 14.7 Å². The second-order valence-corrected chi connectivity index (χ2v) is 8.91. The normalized spacial score (nSPS) is 19.6. The van der Waals surface area contributed by atoms with Gasteiger partial charge in [0.25, 0.3) is 5.91 Å². The van der Waals surface area contributed by atoms with Gasteiger partial charge in [0.15, 0.2) is 0 Å². The van der Waals surface area contributed by atoms with Crippen molar-refractivity contribution in [3.05, 3.63) is 71.5 Å². The fourth-order valence-corrected chi connectivity index (χ4v) is 5.15. The largest absolute Gasteiger partial charge is 0.435 e. The van der Waals surface area contributed by atoms with E-state index in [1.165, 1.54) is 12.1 Å². The minimum atomic E-state index is -2.90. The zero-order chi connectivity index (χ0) is 23.8. The van der Waals surface area contributed by atoms with Crippen LogP contribution >= 0.6 is 0 Å². The lowest BCUT2D eigenvalue weighted by molar-refractivity contribution is -0.0498. The number of anilines is 1. The Balaban J connectivity index is 1.40. The molecule has 0 spiro atoms. The molecule has 0 radical (unpaired) electrons. The number of halogens is 2. The maximum absolute atomic E-state index is 13.7. The van der Waals surface area contributed by atoms with E-state index in [-0.39, 0.29) is 23.7 Å². The molecule has 2 aliphatic heterocycles. The first kappa shape index (κ1) is 22.3. The van der Waals surface area contributed by atoms with Gasteiger partial charge in [-0.05, 0) is 62.1 Å². The van der Waals surface area contributed by atoms with Gasteiger partial charge in [-0.15, -0.1) is 0 Å². The number of ether oxygens (including phenoxy) is 1. The molecule has 0 N–H and O–H groups in total. The zero-order valence-corrected chi connectivity index (χ0v) is 19.1. The molecule has 0 aliphatic carbocycles. The summed E-state index contributed by atoms with van der Waals surface area (Å²) < 4.78 is 29.9. The van der Waals surface area contributed by atoms with Crippen LogP contribution in [-0.4, -0.2) is 52.6 Å². The van der Waals surface area contributed by atoms with Gasteiger partial charge in [0.05, 0.1) is 0 Å². The molecule has 2 aromatic carbocycles. The molecular weight excluding hydrogens is 438 g/mol. The number of carbonyl (C=O) groups is 1. The summed E-state index contributed by atoms with van der Waals surface area (Å²) in [7, 11) is 0. The van der Waals surface area contributed by atoms with E-state index < -0.39 is 6.61 Å². The molecule has 1 amide bonds. The zero-order valence-electron chi connectivity index (χ0n) is 19.1. The molecule has 6 nitrogen and oxygen atoms in total. The Morgan fingerprint density at radius 2 is 1.65 bits per heavy atom. The molecule has 5 rings (SSSR count). The highest BCUT2D eigenvalue weighted by Gasteiger charge is 2.43. The Morgan fingerprint density at radius 3 is 2.32 bits per heavy atom. The van der Waals surface area contributed by atoms with Crippen molar-refractivity contribution in [1.29, 1.82) is 0 Å². The van der Waals surface area contributed by atoms with Crippen molar-refractivity contribution in [3.8, 4) is 16.9 Å². The third-order valence-corrected chi connectivity index (χ3v) is 6.50. The molecule has 3 aromatic rings. The summed E-state index contributed by atoms with van der Waals surface area (Å²) in [5, 5.41) is 0. The van der Waals surface area contributed by atoms with Gasteiger partial charge in [-0.1, -0.05) is 30.3 Å². The molecular formula is C26H26F2N4O2. The van der Waals surface area contributed by atoms with Crippen LogP contribution in [0.15, 0.2) is 54.6 Å². The maximum atomic E-state index is 13.7. The SMILES string of the molecule is Cc1cc(C)nc(N2C3CCC2CN(C(=O)c2ccccc2-c2cccc(OC(F)F)c2)C3)n1. The van der Waals surface area contributed by atoms with Gasteiger partial charge in [0.1, 0.15) is 5.75 Å². The number of alkyl halides is 2. The topological polar surface area (TPSA) is 58.6 Å². The first-order chi connectivity index (χ1) is 16.4. The number of hydrogen-bond donors (Lipinski definition) is 0. The van der Waals surface area contributed by atoms with E-state index in [1.54, 1.807) is 18.2 Å². The predicted octanol–water partition coefficient (Wildman–Crippen LogP) is 4.86. The van der Waals surface area contributed by atoms with Crippen LogP contribution in [-0.2, 0) is 0 Å². The van der Waals surface area contributed by atoms with Crippen molar-refractivity contribution in [3.63, 3.8) is 0 Å². The summed E-state index contributed by atoms with van der Waals surface area (Å²) in [5.41, 5.74) is 3.78. The number of rotatable bonds is 5. The fraction of sp³-hybridized carbons (Fsp3) is 0.346. The number of hydrogen-bond acceptors (Lipinski definition) is 5. The second-order valence-electron chi connectivity index (χ2n) is 8.91. The van der Waals surface area contributed by atoms with E-state index in [2.05, 4.69) is 19.6 Å². The van der Waals surface area contributed by atoms with Crippen molar-refractivity contribution in [2.45, 2.75) is 45.4 Å². The molecule has 2 unspecified atom stereocenters. The average molecular weight is 465 g/mol. The quantitative estimate of drug-likeness (QED) is 0.540. The fourth-order valence-electron chi connectivity index (χ4n) is 5.15. The summed E-state index contributed by atoms with van der Waals surface area (Å²) in [5.74, 6) is 0.747. The highest BCUT2D eigenvalue weighted by Crippen LogP contribution is 2.35. The van der Waals surface area contributed by atoms with Gasteiger partial charge >= 0.3 is 6.61 Å². The van der Waals surface area contributed by atoms with Crippen LogP contribution in [0.1, 0.15) is 34.6 Å². The third-order valence-electron chi connectivity index (χ3n) is 6.50. The van der Waals surface area contributed by atoms with Crippen LogP contribution in [0.2, 0.25) is 0 Å². The maximum Gasteiger partial charge on any atom is 0.387 e. The van der Waals surface area contributed by atoms with Crippen molar-refractivity contribution < 1.29 is 18.3 Å². The molecule has 2 aliphatic rings. The highest BCUT2D eigenvalue weighted by molar-refractivity contribution is 6.01. The van der Waals surface area contributed by atoms with Gasteiger partial charge in [-0.25, -0.2) is 9.97 Å². The minimum absolute atomic E-state index is 0.0614. The van der Waals surface area contributed by atoms with Crippen molar-refractivity contribution in [2.75, 3.05) is 18.0 Å². The van der Waals surface area contributed by atoms with Crippen LogP contribution in [0.25, 0.3) is 11.1 Å². The summed E-state index contributed by atoms with van der Waals surface area (Å²) in [4.78, 5) is 27.1. The molecule has 2 saturated heterocycles. The summed E-state index contributed by atoms with van der Waals surface area (Å²) in [6.45, 7) is 2.22. The summed E-state index contributed by atoms with van der Waals surface area (Å²) >= 11 is 0. The lowest BCUT2D eigenvalue weighted by Gasteiger charge is -2.41. The van der Waals surface area contributed by atoms with E-state index in [4.69, 9.17) is 0 Å². The number of benzene rings is 2. The van der Waals surface area contributed by atoms with Crippen LogP contribution < -0.4 is 9.64 Å². The first-order valence-electron chi connectivity index (χ1n) is 11.4. The van der Waals surface area contributed by atoms with Crippen LogP contribution in [0.3, 0.4) is 0 Å². The molecule has 3 heterocycles. The van der Waals surface area contributed by atoms with E-state index in [9.17, 15) is 13.6 Å². The summed E-state index contributed by atoms with van der Waals surface area (Å²) in [6.07, 6.45) is 1.97. The highest BCUT2D eigenvalue weighted by atomic mass is 19.3. The molecule has 8 heteroatoms. The molecule has 0 saturated carbocycles. The Bertz CT molecular complexity index is 1180. The number of aromatic nitrogens is 2. The van der Waals surface area contributed by atoms with E-state index in [0.717, 1.165) is 30.2 Å². The number of amides is 1. The smallest absolute Gasteiger partial charge is 0.387 e. The van der Waals surface area contributed by atoms with E-state index in [0.29, 0.717) is 29.8 Å². The van der Waals surface area contributed by atoms with Gasteiger partial charge < -0.3 is 14.5 Å². The number of aryl methyl sites for hydroxylation is 2. The van der Waals surface area contributed by atoms with Crippen molar-refractivity contribution in [1.82, 2.24) is 14.9 Å². The van der Waals surface area contributed by atoms with E-state index >= 15 is 0 Å². The monoisotopic (exact) mass is 464 g/mol. The van der Waals surface area contributed by atoms with E-state index in [1.807, 2.05) is 43.0 Å². The summed E-state index contributed by atoms with van der Waals surface area (Å²) in [6, 6.07) is 16.0. The Labute approximate surface area is 197 Å². The molecule has 1 aromatic heterocycles. The lowest BCUT2D eigenvalue weighted by atomic mass is 9.98. The molecule has 2 atom stereocenters. The van der Waals surface area contributed by atoms with Gasteiger partial charge in [0, 0.05) is 42.1 Å². The molecule has 34 heavy (non-hydrogen) atoms. The van der Waals surface area contributed by atoms with Crippen LogP contribution in [0, 0.1) is 13.8 Å². The first-order valence-corrected chi connectivity index (χ1v) is 11.4. The average Bonchev–Trinajstić information content (AvgIpc) is 3.07. The Morgan fingerprint density at radius 1 is 0.971 bits per heavy atom. The van der Waals surface area contributed by atoms with Gasteiger partial charge in [0.2, 0.25) is 5.95 Å². The number of fused-ring (bicyclic) bond motifs is 2. The standard InChI is InChI=1S/C26H26F2N4O2/c1-16-12-17(2)30-26(29-16)32-19-10-11-20(32)15-31(14-19)24(33)23-9-4-3-8-22(23)18-6-5-7-21(13-18)34-25(27)28/h3-9,12-13,19-20,25H,10-11,14-15H2,1-2H3. The van der Waals surface area contributed by atoms with Crippen LogP contribution in [0.5, 0.6) is 5.75 Å². The Hall–Kier alpha value is -3.55. The Kier molecular flexibility index (Phi) is 5.89. The van der Waals surface area contributed by atoms with Gasteiger partial charge in [-0.3, -0.25) is 4.79 Å². The van der Waals surface area contributed by atoms with Crippen molar-refractivity contribution >= 4 is 11.9 Å².